The van der Waals surface area contributed by atoms with Crippen molar-refractivity contribution in [1.82, 2.24) is 15.0 Å². The summed E-state index contributed by atoms with van der Waals surface area (Å²) in [6, 6.07) is 58.6. The van der Waals surface area contributed by atoms with Gasteiger partial charge in [-0.3, -0.25) is 0 Å². The van der Waals surface area contributed by atoms with Crippen molar-refractivity contribution in [3.05, 3.63) is 186 Å². The lowest BCUT2D eigenvalue weighted by Crippen LogP contribution is -2.16. The van der Waals surface area contributed by atoms with Crippen molar-refractivity contribution < 1.29 is 0 Å². The molecule has 10 rings (SSSR count). The summed E-state index contributed by atoms with van der Waals surface area (Å²) < 4.78 is 0. The van der Waals surface area contributed by atoms with Crippen LogP contribution in [-0.2, 0) is 10.8 Å². The van der Waals surface area contributed by atoms with Gasteiger partial charge in [-0.1, -0.05) is 167 Å². The maximum absolute atomic E-state index is 5.00. The van der Waals surface area contributed by atoms with E-state index in [1.807, 2.05) is 60.7 Å². The van der Waals surface area contributed by atoms with Crippen molar-refractivity contribution in [3.63, 3.8) is 0 Å². The minimum Gasteiger partial charge on any atom is -0.208 e. The van der Waals surface area contributed by atoms with Gasteiger partial charge in [-0.05, 0) is 91.0 Å². The number of nitrogens with zero attached hydrogens (tertiary/aromatic N) is 3. The maximum Gasteiger partial charge on any atom is 0.164 e. The molecule has 1 aromatic heterocycles. The smallest absolute Gasteiger partial charge is 0.164 e. The SMILES string of the molecule is CC1(C)c2ccccc2-c2cc3c(cc21)-c1c(-c2cccc(-c4cccc(-c5nc(-c6ccccc6)nc(-c6ccccc6)n5)c4)c2)cccc1C3(C)C. The molecule has 0 radical (unpaired) electrons. The van der Waals surface area contributed by atoms with Crippen molar-refractivity contribution in [2.45, 2.75) is 38.5 Å². The number of hydrogen-bond donors (Lipinski definition) is 0. The van der Waals surface area contributed by atoms with Crippen molar-refractivity contribution in [3.8, 4) is 78.7 Å². The Hall–Kier alpha value is -6.45. The highest BCUT2D eigenvalue weighted by molar-refractivity contribution is 5.96. The third-order valence-corrected chi connectivity index (χ3v) is 11.7. The van der Waals surface area contributed by atoms with E-state index in [4.69, 9.17) is 15.0 Å². The lowest BCUT2D eigenvalue weighted by Gasteiger charge is -2.24. The van der Waals surface area contributed by atoms with Crippen LogP contribution in [0.4, 0.5) is 0 Å². The quantitative estimate of drug-likeness (QED) is 0.180. The first-order valence-electron chi connectivity index (χ1n) is 18.8. The molecule has 3 nitrogen and oxygen atoms in total. The zero-order chi connectivity index (χ0) is 36.6. The Kier molecular flexibility index (Phi) is 7.19. The van der Waals surface area contributed by atoms with Crippen LogP contribution < -0.4 is 0 Å². The van der Waals surface area contributed by atoms with E-state index >= 15 is 0 Å². The van der Waals surface area contributed by atoms with Gasteiger partial charge in [0.2, 0.25) is 0 Å². The van der Waals surface area contributed by atoms with E-state index in [9.17, 15) is 0 Å². The molecule has 2 aliphatic carbocycles. The van der Waals surface area contributed by atoms with Gasteiger partial charge in [-0.2, -0.15) is 0 Å². The molecule has 0 atom stereocenters. The molecule has 0 amide bonds. The molecule has 0 fully saturated rings. The number of rotatable bonds is 5. The molecule has 1 heterocycles. The summed E-state index contributed by atoms with van der Waals surface area (Å²) in [6.45, 7) is 9.51. The van der Waals surface area contributed by atoms with Crippen molar-refractivity contribution in [2.24, 2.45) is 0 Å². The number of hydrogen-bond acceptors (Lipinski definition) is 3. The molecule has 0 bridgehead atoms. The minimum absolute atomic E-state index is 0.0595. The third kappa shape index (κ3) is 4.99. The molecule has 2 aliphatic rings. The third-order valence-electron chi connectivity index (χ3n) is 11.7. The second-order valence-electron chi connectivity index (χ2n) is 15.7. The Morgan fingerprint density at radius 3 is 1.39 bits per heavy atom. The van der Waals surface area contributed by atoms with Crippen molar-refractivity contribution in [1.29, 1.82) is 0 Å². The van der Waals surface area contributed by atoms with Crippen LogP contribution in [0, 0.1) is 0 Å². The molecular weight excluding hydrogens is 655 g/mol. The summed E-state index contributed by atoms with van der Waals surface area (Å²) in [5.74, 6) is 1.97. The summed E-state index contributed by atoms with van der Waals surface area (Å²) in [6.07, 6.45) is 0. The fourth-order valence-electron chi connectivity index (χ4n) is 8.86. The molecule has 0 saturated heterocycles. The zero-order valence-electron chi connectivity index (χ0n) is 30.9. The highest BCUT2D eigenvalue weighted by Crippen LogP contribution is 2.57. The van der Waals surface area contributed by atoms with Gasteiger partial charge < -0.3 is 0 Å². The zero-order valence-corrected chi connectivity index (χ0v) is 30.9. The molecule has 0 unspecified atom stereocenters. The fraction of sp³-hybridized carbons (Fsp3) is 0.118. The average Bonchev–Trinajstić information content (AvgIpc) is 3.59. The number of benzene rings is 7. The summed E-state index contributed by atoms with van der Waals surface area (Å²) in [7, 11) is 0. The average molecular weight is 694 g/mol. The van der Waals surface area contributed by atoms with E-state index in [-0.39, 0.29) is 10.8 Å². The van der Waals surface area contributed by atoms with Gasteiger partial charge in [0, 0.05) is 27.5 Å². The van der Waals surface area contributed by atoms with Crippen LogP contribution in [0.15, 0.2) is 164 Å². The molecule has 54 heavy (non-hydrogen) atoms. The Bertz CT molecular complexity index is 2700. The molecule has 0 saturated carbocycles. The Balaban J connectivity index is 1.07. The number of aromatic nitrogens is 3. The normalized spacial score (nSPS) is 14.2. The molecule has 0 spiro atoms. The van der Waals surface area contributed by atoms with E-state index in [1.165, 1.54) is 55.6 Å². The van der Waals surface area contributed by atoms with Gasteiger partial charge in [0.1, 0.15) is 0 Å². The Morgan fingerprint density at radius 2 is 0.722 bits per heavy atom. The summed E-state index contributed by atoms with van der Waals surface area (Å²) in [4.78, 5) is 14.9. The summed E-state index contributed by atoms with van der Waals surface area (Å²) >= 11 is 0. The second kappa shape index (κ2) is 12.0. The fourth-order valence-corrected chi connectivity index (χ4v) is 8.86. The number of fused-ring (bicyclic) bond motifs is 6. The highest BCUT2D eigenvalue weighted by Gasteiger charge is 2.42. The largest absolute Gasteiger partial charge is 0.208 e. The Morgan fingerprint density at radius 1 is 0.296 bits per heavy atom. The second-order valence-corrected chi connectivity index (χ2v) is 15.7. The lowest BCUT2D eigenvalue weighted by molar-refractivity contribution is 0.652. The van der Waals surface area contributed by atoms with Crippen molar-refractivity contribution in [2.75, 3.05) is 0 Å². The summed E-state index contributed by atoms with van der Waals surface area (Å²) in [5, 5.41) is 0. The van der Waals surface area contributed by atoms with Crippen LogP contribution in [0.1, 0.15) is 49.9 Å². The predicted octanol–water partition coefficient (Wildman–Crippen LogP) is 12.8. The van der Waals surface area contributed by atoms with E-state index in [0.717, 1.165) is 27.8 Å². The van der Waals surface area contributed by atoms with Gasteiger partial charge >= 0.3 is 0 Å². The lowest BCUT2D eigenvalue weighted by atomic mass is 9.79. The van der Waals surface area contributed by atoms with E-state index in [1.54, 1.807) is 0 Å². The highest BCUT2D eigenvalue weighted by atomic mass is 15.0. The van der Waals surface area contributed by atoms with Crippen LogP contribution in [0.5, 0.6) is 0 Å². The molecule has 3 heteroatoms. The molecular formula is C51H39N3. The van der Waals surface area contributed by atoms with Crippen LogP contribution in [0.2, 0.25) is 0 Å². The molecule has 8 aromatic rings. The molecule has 258 valence electrons. The van der Waals surface area contributed by atoms with Crippen LogP contribution >= 0.6 is 0 Å². The van der Waals surface area contributed by atoms with E-state index in [0.29, 0.717) is 17.5 Å². The van der Waals surface area contributed by atoms with Gasteiger partial charge in [0.25, 0.3) is 0 Å². The van der Waals surface area contributed by atoms with Crippen LogP contribution in [-0.4, -0.2) is 15.0 Å². The first-order valence-corrected chi connectivity index (χ1v) is 18.8. The maximum atomic E-state index is 5.00. The molecule has 7 aromatic carbocycles. The monoisotopic (exact) mass is 693 g/mol. The van der Waals surface area contributed by atoms with E-state index in [2.05, 4.69) is 131 Å². The first-order chi connectivity index (χ1) is 26.3. The van der Waals surface area contributed by atoms with Crippen molar-refractivity contribution >= 4 is 0 Å². The standard InChI is InChI=1S/C51H39N3/c1-50(2)42-26-12-11-24-39(42)40-30-45-41(31-44(40)50)46-38(25-15-27-43(46)51(45,3)4)36-22-13-20-34(28-36)35-21-14-23-37(29-35)49-53-47(32-16-7-5-8-17-32)52-48(54-49)33-18-9-6-10-19-33/h5-31H,1-4H3. The molecule has 0 N–H and O–H groups in total. The van der Waals surface area contributed by atoms with Gasteiger partial charge in [-0.25, -0.2) is 15.0 Å². The van der Waals surface area contributed by atoms with Crippen LogP contribution in [0.25, 0.3) is 78.7 Å². The van der Waals surface area contributed by atoms with Crippen LogP contribution in [0.3, 0.4) is 0 Å². The topological polar surface area (TPSA) is 38.7 Å². The molecule has 0 aliphatic heterocycles. The van der Waals surface area contributed by atoms with Gasteiger partial charge in [-0.15, -0.1) is 0 Å². The van der Waals surface area contributed by atoms with Gasteiger partial charge in [0.05, 0.1) is 0 Å². The minimum atomic E-state index is -0.120. The predicted molar refractivity (Wildman–Crippen MR) is 222 cm³/mol. The first kappa shape index (κ1) is 32.2. The van der Waals surface area contributed by atoms with Gasteiger partial charge in [0.15, 0.2) is 17.5 Å². The van der Waals surface area contributed by atoms with E-state index < -0.39 is 0 Å². The Labute approximate surface area is 317 Å². The summed E-state index contributed by atoms with van der Waals surface area (Å²) in [5.41, 5.74) is 18.5.